The van der Waals surface area contributed by atoms with Crippen molar-refractivity contribution in [3.63, 3.8) is 0 Å². The highest BCUT2D eigenvalue weighted by Gasteiger charge is 2.21. The fourth-order valence-corrected chi connectivity index (χ4v) is 4.44. The fourth-order valence-electron chi connectivity index (χ4n) is 3.00. The van der Waals surface area contributed by atoms with E-state index in [1.165, 1.54) is 4.31 Å². The van der Waals surface area contributed by atoms with E-state index in [9.17, 15) is 13.2 Å². The number of nitrogens with one attached hydrogen (secondary N) is 1. The number of nitrogens with zero attached hydrogens (tertiary/aromatic N) is 1. The summed E-state index contributed by atoms with van der Waals surface area (Å²) in [5.74, 6) is 0.889. The van der Waals surface area contributed by atoms with Gasteiger partial charge in [0, 0.05) is 35.6 Å². The van der Waals surface area contributed by atoms with Crippen LogP contribution in [0.25, 0.3) is 0 Å². The molecule has 7 nitrogen and oxygen atoms in total. The van der Waals surface area contributed by atoms with Crippen LogP contribution in [0.15, 0.2) is 36.4 Å². The summed E-state index contributed by atoms with van der Waals surface area (Å²) in [6, 6.07) is 10.0. The van der Waals surface area contributed by atoms with Crippen LogP contribution in [-0.2, 0) is 21.4 Å². The molecule has 0 fully saturated rings. The van der Waals surface area contributed by atoms with Crippen LogP contribution in [0.4, 0.5) is 5.69 Å². The third-order valence-electron chi connectivity index (χ3n) is 4.47. The molecule has 1 heterocycles. The second-order valence-corrected chi connectivity index (χ2v) is 9.53. The molecule has 10 heteroatoms. The summed E-state index contributed by atoms with van der Waals surface area (Å²) in [6.45, 7) is 1.30. The van der Waals surface area contributed by atoms with Crippen molar-refractivity contribution in [3.05, 3.63) is 52.0 Å². The molecule has 162 valence electrons. The summed E-state index contributed by atoms with van der Waals surface area (Å²) < 4.78 is 36.8. The van der Waals surface area contributed by atoms with Crippen LogP contribution in [0.3, 0.4) is 0 Å². The molecule has 0 spiro atoms. The van der Waals surface area contributed by atoms with Gasteiger partial charge in [-0.2, -0.15) is 0 Å². The molecule has 0 atom stereocenters. The maximum Gasteiger partial charge on any atom is 0.232 e. The largest absolute Gasteiger partial charge is 0.486 e. The smallest absolute Gasteiger partial charge is 0.232 e. The van der Waals surface area contributed by atoms with Crippen LogP contribution in [0.2, 0.25) is 10.0 Å². The van der Waals surface area contributed by atoms with Crippen molar-refractivity contribution in [2.45, 2.75) is 19.4 Å². The number of halogens is 2. The van der Waals surface area contributed by atoms with E-state index in [-0.39, 0.29) is 25.4 Å². The minimum Gasteiger partial charge on any atom is -0.486 e. The topological polar surface area (TPSA) is 84.9 Å². The van der Waals surface area contributed by atoms with Crippen molar-refractivity contribution in [1.82, 2.24) is 5.32 Å². The van der Waals surface area contributed by atoms with E-state index in [0.717, 1.165) is 11.8 Å². The van der Waals surface area contributed by atoms with Gasteiger partial charge in [0.2, 0.25) is 15.9 Å². The van der Waals surface area contributed by atoms with Crippen LogP contribution in [0.5, 0.6) is 11.5 Å². The van der Waals surface area contributed by atoms with Crippen molar-refractivity contribution in [2.24, 2.45) is 0 Å². The van der Waals surface area contributed by atoms with E-state index < -0.39 is 10.0 Å². The molecule has 0 aliphatic carbocycles. The number of rotatable bonds is 8. The number of carbonyl (C=O) groups excluding carboxylic acids is 1. The lowest BCUT2D eigenvalue weighted by Gasteiger charge is -2.25. The van der Waals surface area contributed by atoms with Crippen molar-refractivity contribution in [2.75, 3.05) is 30.3 Å². The Labute approximate surface area is 185 Å². The Balaban J connectivity index is 1.57. The minimum absolute atomic E-state index is 0.160. The molecule has 30 heavy (non-hydrogen) atoms. The zero-order valence-corrected chi connectivity index (χ0v) is 18.7. The van der Waals surface area contributed by atoms with Crippen molar-refractivity contribution in [3.8, 4) is 11.5 Å². The van der Waals surface area contributed by atoms with E-state index in [0.29, 0.717) is 46.9 Å². The number of benzene rings is 2. The highest BCUT2D eigenvalue weighted by Crippen LogP contribution is 2.34. The number of fused-ring (bicyclic) bond motifs is 1. The number of sulfonamides is 1. The maximum atomic E-state index is 12.3. The third kappa shape index (κ3) is 5.93. The van der Waals surface area contributed by atoms with Gasteiger partial charge in [-0.15, -0.1) is 0 Å². The quantitative estimate of drug-likeness (QED) is 0.633. The van der Waals surface area contributed by atoms with E-state index in [2.05, 4.69) is 5.32 Å². The Morgan fingerprint density at radius 1 is 1.10 bits per heavy atom. The molecule has 2 aromatic carbocycles. The van der Waals surface area contributed by atoms with E-state index in [1.807, 2.05) is 0 Å². The number of anilines is 1. The molecule has 0 saturated heterocycles. The number of hydrogen-bond donors (Lipinski definition) is 1. The van der Waals surface area contributed by atoms with Gasteiger partial charge in [-0.25, -0.2) is 8.42 Å². The van der Waals surface area contributed by atoms with Crippen LogP contribution < -0.4 is 19.1 Å². The second kappa shape index (κ2) is 9.76. The first-order valence-electron chi connectivity index (χ1n) is 9.32. The van der Waals surface area contributed by atoms with Crippen LogP contribution in [0, 0.1) is 0 Å². The highest BCUT2D eigenvalue weighted by atomic mass is 35.5. The number of hydrogen-bond acceptors (Lipinski definition) is 5. The summed E-state index contributed by atoms with van der Waals surface area (Å²) in [4.78, 5) is 12.2. The molecule has 0 saturated carbocycles. The Kier molecular flexibility index (Phi) is 7.33. The van der Waals surface area contributed by atoms with Crippen LogP contribution >= 0.6 is 23.2 Å². The van der Waals surface area contributed by atoms with Gasteiger partial charge < -0.3 is 14.8 Å². The zero-order chi connectivity index (χ0) is 21.7. The van der Waals surface area contributed by atoms with Gasteiger partial charge in [-0.1, -0.05) is 29.3 Å². The minimum atomic E-state index is -3.53. The lowest BCUT2D eigenvalue weighted by Crippen LogP contribution is -2.32. The van der Waals surface area contributed by atoms with Crippen molar-refractivity contribution < 1.29 is 22.7 Å². The molecular formula is C20H22Cl2N2O5S. The molecule has 1 aliphatic heterocycles. The van der Waals surface area contributed by atoms with E-state index >= 15 is 0 Å². The summed E-state index contributed by atoms with van der Waals surface area (Å²) >= 11 is 12.0. The predicted octanol–water partition coefficient (Wildman–Crippen LogP) is 3.63. The summed E-state index contributed by atoms with van der Waals surface area (Å²) in [6.07, 6.45) is 1.65. The Morgan fingerprint density at radius 2 is 1.83 bits per heavy atom. The van der Waals surface area contributed by atoms with E-state index in [1.54, 1.807) is 36.4 Å². The molecular weight excluding hydrogens is 451 g/mol. The normalized spacial score (nSPS) is 13.0. The first-order valence-corrected chi connectivity index (χ1v) is 11.9. The summed E-state index contributed by atoms with van der Waals surface area (Å²) in [5, 5.41) is 3.78. The summed E-state index contributed by atoms with van der Waals surface area (Å²) in [5.41, 5.74) is 1.22. The number of amides is 1. The predicted molar refractivity (Wildman–Crippen MR) is 117 cm³/mol. The molecule has 0 unspecified atom stereocenters. The fraction of sp³-hybridized carbons (Fsp3) is 0.350. The molecule has 1 amide bonds. The van der Waals surface area contributed by atoms with Gasteiger partial charge in [0.25, 0.3) is 0 Å². The lowest BCUT2D eigenvalue weighted by atomic mass is 10.2. The van der Waals surface area contributed by atoms with Gasteiger partial charge in [0.15, 0.2) is 11.5 Å². The Morgan fingerprint density at radius 3 is 2.53 bits per heavy atom. The van der Waals surface area contributed by atoms with E-state index in [4.69, 9.17) is 32.7 Å². The molecule has 0 radical (unpaired) electrons. The first-order chi connectivity index (χ1) is 14.2. The molecule has 1 N–H and O–H groups in total. The first kappa shape index (κ1) is 22.5. The maximum absolute atomic E-state index is 12.3. The molecule has 1 aliphatic rings. The van der Waals surface area contributed by atoms with Crippen molar-refractivity contribution in [1.29, 1.82) is 0 Å². The number of ether oxygens (including phenoxy) is 2. The monoisotopic (exact) mass is 472 g/mol. The van der Waals surface area contributed by atoms with Crippen molar-refractivity contribution >= 4 is 44.8 Å². The lowest BCUT2D eigenvalue weighted by molar-refractivity contribution is -0.121. The zero-order valence-electron chi connectivity index (χ0n) is 16.4. The third-order valence-corrected chi connectivity index (χ3v) is 6.25. The standard InChI is InChI=1S/C20H22Cl2N2O5S/c1-30(26,27)24(16-6-7-18-19(12-16)29-10-9-28-18)8-2-3-20(25)23-13-14-4-5-15(21)11-17(14)22/h4-7,11-12H,2-3,8-10,13H2,1H3,(H,23,25). The molecule has 0 aromatic heterocycles. The summed E-state index contributed by atoms with van der Waals surface area (Å²) in [7, 11) is -3.53. The van der Waals surface area contributed by atoms with Crippen LogP contribution in [0.1, 0.15) is 18.4 Å². The average Bonchev–Trinajstić information content (AvgIpc) is 2.69. The van der Waals surface area contributed by atoms with Gasteiger partial charge in [-0.3, -0.25) is 9.10 Å². The Bertz CT molecular complexity index is 1030. The second-order valence-electron chi connectivity index (χ2n) is 6.78. The van der Waals surface area contributed by atoms with Gasteiger partial charge >= 0.3 is 0 Å². The SMILES string of the molecule is CS(=O)(=O)N(CCCC(=O)NCc1ccc(Cl)cc1Cl)c1ccc2c(c1)OCCO2. The average molecular weight is 473 g/mol. The van der Waals surface area contributed by atoms with Gasteiger partial charge in [0.1, 0.15) is 13.2 Å². The Hall–Kier alpha value is -2.16. The number of carbonyl (C=O) groups is 1. The van der Waals surface area contributed by atoms with Gasteiger partial charge in [-0.05, 0) is 36.2 Å². The van der Waals surface area contributed by atoms with Gasteiger partial charge in [0.05, 0.1) is 11.9 Å². The molecule has 3 rings (SSSR count). The molecule has 2 aromatic rings. The highest BCUT2D eigenvalue weighted by molar-refractivity contribution is 7.92. The van der Waals surface area contributed by atoms with Crippen LogP contribution in [-0.4, -0.2) is 40.3 Å². The molecule has 0 bridgehead atoms.